The second-order valence-corrected chi connectivity index (χ2v) is 17.9. The fraction of sp³-hybridized carbons (Fsp3) is 0.811. The Morgan fingerprint density at radius 2 is 1.08 bits per heavy atom. The van der Waals surface area contributed by atoms with Crippen LogP contribution in [0.15, 0.2) is 48.6 Å². The van der Waals surface area contributed by atoms with Crippen LogP contribution in [0.5, 0.6) is 0 Å². The maximum Gasteiger partial charge on any atom is 0.305 e. The van der Waals surface area contributed by atoms with E-state index < -0.39 is 49.5 Å². The molecule has 372 valence electrons. The molecule has 7 unspecified atom stereocenters. The van der Waals surface area contributed by atoms with Crippen LogP contribution in [-0.2, 0) is 23.8 Å². The van der Waals surface area contributed by atoms with E-state index in [4.69, 9.17) is 14.2 Å². The lowest BCUT2D eigenvalue weighted by atomic mass is 9.99. The van der Waals surface area contributed by atoms with E-state index in [0.29, 0.717) is 25.9 Å². The minimum Gasteiger partial charge on any atom is -0.466 e. The monoisotopic (exact) mass is 906 g/mol. The molecule has 11 heteroatoms. The van der Waals surface area contributed by atoms with Crippen LogP contribution in [0.1, 0.15) is 213 Å². The Morgan fingerprint density at radius 3 is 1.64 bits per heavy atom. The van der Waals surface area contributed by atoms with Crippen molar-refractivity contribution in [3.63, 3.8) is 0 Å². The normalized spacial score (nSPS) is 20.3. The van der Waals surface area contributed by atoms with Crippen LogP contribution >= 0.6 is 0 Å². The average Bonchev–Trinajstić information content (AvgIpc) is 3.29. The standard InChI is InChI=1S/C53H95NO10/c1-3-5-7-9-11-13-20-25-29-33-37-41-49(58)62-42-38-34-30-26-22-19-17-15-14-16-18-21-24-28-32-36-40-48(57)54-45(46(56)39-35-31-27-23-12-10-8-6-4-2)44-63-53-52(61)51(60)50(59)47(43-55)64-53/h4,6,12,14,16,23,35,39,45-47,50-53,55-56,59-61H,3,5,7-11,13,15,17-22,24-34,36-38,40-44H2,1-2H3,(H,54,57)/b6-4+,16-14-,23-12+,39-35+. The van der Waals surface area contributed by atoms with Crippen molar-refractivity contribution in [3.8, 4) is 0 Å². The van der Waals surface area contributed by atoms with Crippen molar-refractivity contribution in [1.29, 1.82) is 0 Å². The Morgan fingerprint density at radius 1 is 0.594 bits per heavy atom. The van der Waals surface area contributed by atoms with Gasteiger partial charge in [0.1, 0.15) is 24.4 Å². The smallest absolute Gasteiger partial charge is 0.305 e. The quantitative estimate of drug-likeness (QED) is 0.0196. The SMILES string of the molecule is C/C=C/CC/C=C/CC/C=C/C(O)C(COC1OC(CO)C(O)C(O)C1O)NC(=O)CCCCCCC/C=C\CCCCCCCCCOC(=O)CCCCCCCCCCCCC. The van der Waals surface area contributed by atoms with E-state index in [1.54, 1.807) is 6.08 Å². The van der Waals surface area contributed by atoms with Crippen LogP contribution in [0.4, 0.5) is 0 Å². The summed E-state index contributed by atoms with van der Waals surface area (Å²) in [6, 6.07) is -0.845. The second kappa shape index (κ2) is 43.2. The molecular weight excluding hydrogens is 811 g/mol. The molecule has 1 saturated heterocycles. The van der Waals surface area contributed by atoms with Crippen LogP contribution in [0.3, 0.4) is 0 Å². The maximum atomic E-state index is 12.9. The summed E-state index contributed by atoms with van der Waals surface area (Å²) in [6.45, 7) is 4.03. The van der Waals surface area contributed by atoms with Crippen molar-refractivity contribution >= 4 is 11.9 Å². The lowest BCUT2D eigenvalue weighted by Crippen LogP contribution is -2.60. The van der Waals surface area contributed by atoms with E-state index in [1.165, 1.54) is 89.9 Å². The van der Waals surface area contributed by atoms with Gasteiger partial charge in [-0.2, -0.15) is 0 Å². The zero-order valence-electron chi connectivity index (χ0n) is 40.5. The first kappa shape index (κ1) is 59.6. The number of carbonyl (C=O) groups is 2. The molecule has 1 fully saturated rings. The zero-order chi connectivity index (χ0) is 46.7. The molecule has 64 heavy (non-hydrogen) atoms. The van der Waals surface area contributed by atoms with Crippen molar-refractivity contribution < 1.29 is 49.3 Å². The number of amides is 1. The van der Waals surface area contributed by atoms with Crippen LogP contribution < -0.4 is 5.32 Å². The number of unbranched alkanes of at least 4 members (excludes halogenated alkanes) is 24. The van der Waals surface area contributed by atoms with Gasteiger partial charge in [0.15, 0.2) is 6.29 Å². The number of allylic oxidation sites excluding steroid dienone is 7. The van der Waals surface area contributed by atoms with E-state index in [9.17, 15) is 35.1 Å². The maximum absolute atomic E-state index is 12.9. The number of ether oxygens (including phenoxy) is 3. The summed E-state index contributed by atoms with van der Waals surface area (Å²) in [4.78, 5) is 24.9. The first-order valence-electron chi connectivity index (χ1n) is 25.9. The number of aliphatic hydroxyl groups is 5. The highest BCUT2D eigenvalue weighted by Crippen LogP contribution is 2.23. The topological polar surface area (TPSA) is 175 Å². The largest absolute Gasteiger partial charge is 0.466 e. The molecule has 1 rings (SSSR count). The highest BCUT2D eigenvalue weighted by atomic mass is 16.7. The highest BCUT2D eigenvalue weighted by molar-refractivity contribution is 5.76. The second-order valence-electron chi connectivity index (χ2n) is 17.9. The van der Waals surface area contributed by atoms with E-state index >= 15 is 0 Å². The van der Waals surface area contributed by atoms with Gasteiger partial charge in [-0.25, -0.2) is 0 Å². The summed E-state index contributed by atoms with van der Waals surface area (Å²) in [5.74, 6) is -0.242. The molecule has 0 bridgehead atoms. The van der Waals surface area contributed by atoms with E-state index in [1.807, 2.05) is 19.1 Å². The van der Waals surface area contributed by atoms with Crippen LogP contribution in [-0.4, -0.2) is 100 Å². The summed E-state index contributed by atoms with van der Waals surface area (Å²) >= 11 is 0. The number of rotatable bonds is 43. The van der Waals surface area contributed by atoms with Gasteiger partial charge < -0.3 is 45.1 Å². The molecule has 7 atom stereocenters. The van der Waals surface area contributed by atoms with E-state index in [-0.39, 0.29) is 18.5 Å². The molecule has 0 aliphatic carbocycles. The molecule has 1 heterocycles. The number of nitrogens with one attached hydrogen (secondary N) is 1. The fourth-order valence-corrected chi connectivity index (χ4v) is 7.82. The van der Waals surface area contributed by atoms with Crippen LogP contribution in [0.25, 0.3) is 0 Å². The molecule has 0 aromatic carbocycles. The van der Waals surface area contributed by atoms with Crippen molar-refractivity contribution in [2.24, 2.45) is 0 Å². The van der Waals surface area contributed by atoms with Gasteiger partial charge in [-0.1, -0.05) is 171 Å². The van der Waals surface area contributed by atoms with Gasteiger partial charge in [-0.05, 0) is 77.6 Å². The third-order valence-corrected chi connectivity index (χ3v) is 12.0. The van der Waals surface area contributed by atoms with Gasteiger partial charge in [-0.15, -0.1) is 0 Å². The van der Waals surface area contributed by atoms with Crippen LogP contribution in [0.2, 0.25) is 0 Å². The summed E-state index contributed by atoms with van der Waals surface area (Å²) in [5.41, 5.74) is 0. The minimum absolute atomic E-state index is 0.0237. The number of esters is 1. The third-order valence-electron chi connectivity index (χ3n) is 12.0. The first-order valence-corrected chi connectivity index (χ1v) is 25.9. The van der Waals surface area contributed by atoms with Crippen molar-refractivity contribution in [3.05, 3.63) is 48.6 Å². The van der Waals surface area contributed by atoms with Gasteiger partial charge in [-0.3, -0.25) is 9.59 Å². The fourth-order valence-electron chi connectivity index (χ4n) is 7.82. The summed E-state index contributed by atoms with van der Waals surface area (Å²) in [7, 11) is 0. The number of hydrogen-bond donors (Lipinski definition) is 6. The predicted octanol–water partition coefficient (Wildman–Crippen LogP) is 10.5. The first-order chi connectivity index (χ1) is 31.2. The molecule has 0 aromatic heterocycles. The Hall–Kier alpha value is -2.38. The average molecular weight is 906 g/mol. The molecule has 0 radical (unpaired) electrons. The minimum atomic E-state index is -1.58. The molecule has 6 N–H and O–H groups in total. The van der Waals surface area contributed by atoms with E-state index in [0.717, 1.165) is 89.9 Å². The van der Waals surface area contributed by atoms with Gasteiger partial charge in [0.05, 0.1) is 32.0 Å². The number of carbonyl (C=O) groups excluding carboxylic acids is 2. The molecule has 1 amide bonds. The van der Waals surface area contributed by atoms with Crippen molar-refractivity contribution in [2.75, 3.05) is 19.8 Å². The molecule has 1 aliphatic heterocycles. The number of hydrogen-bond acceptors (Lipinski definition) is 10. The molecule has 0 spiro atoms. The summed E-state index contributed by atoms with van der Waals surface area (Å²) < 4.78 is 16.6. The lowest BCUT2D eigenvalue weighted by Gasteiger charge is -2.40. The Bertz CT molecular complexity index is 1210. The summed E-state index contributed by atoms with van der Waals surface area (Å²) in [5, 5.41) is 54.0. The molecule has 1 aliphatic rings. The Kier molecular flexibility index (Phi) is 40.3. The summed E-state index contributed by atoms with van der Waals surface area (Å²) in [6.07, 6.45) is 42.2. The van der Waals surface area contributed by atoms with Crippen molar-refractivity contribution in [1.82, 2.24) is 5.32 Å². The highest BCUT2D eigenvalue weighted by Gasteiger charge is 2.44. The molecule has 0 aromatic rings. The van der Waals surface area contributed by atoms with Crippen molar-refractivity contribution in [2.45, 2.75) is 256 Å². The van der Waals surface area contributed by atoms with Gasteiger partial charge in [0.25, 0.3) is 0 Å². The van der Waals surface area contributed by atoms with Gasteiger partial charge in [0, 0.05) is 12.8 Å². The molecule has 0 saturated carbocycles. The van der Waals surface area contributed by atoms with Gasteiger partial charge >= 0.3 is 5.97 Å². The predicted molar refractivity (Wildman–Crippen MR) is 260 cm³/mol. The number of aliphatic hydroxyl groups excluding tert-OH is 5. The van der Waals surface area contributed by atoms with Gasteiger partial charge in [0.2, 0.25) is 5.91 Å². The Balaban J connectivity index is 2.13. The molecular formula is C53H95NO10. The Labute approximate surface area is 389 Å². The molecule has 11 nitrogen and oxygen atoms in total. The third kappa shape index (κ3) is 33.1. The van der Waals surface area contributed by atoms with Crippen LogP contribution in [0, 0.1) is 0 Å². The van der Waals surface area contributed by atoms with E-state index in [2.05, 4.69) is 42.6 Å². The zero-order valence-corrected chi connectivity index (χ0v) is 40.5. The lowest BCUT2D eigenvalue weighted by molar-refractivity contribution is -0.302.